The Morgan fingerprint density at radius 2 is 1.62 bits per heavy atom. The number of hydrogen-bond acceptors (Lipinski definition) is 3. The Labute approximate surface area is 158 Å². The van der Waals surface area contributed by atoms with E-state index in [1.165, 1.54) is 18.6 Å². The summed E-state index contributed by atoms with van der Waals surface area (Å²) >= 11 is 5.80. The second-order valence-electron chi connectivity index (χ2n) is 6.23. The summed E-state index contributed by atoms with van der Waals surface area (Å²) in [4.78, 5) is 24.0. The van der Waals surface area contributed by atoms with Crippen LogP contribution < -0.4 is 5.32 Å². The normalized spacial score (nSPS) is 12.2. The van der Waals surface area contributed by atoms with Crippen molar-refractivity contribution < 1.29 is 14.3 Å². The van der Waals surface area contributed by atoms with Crippen LogP contribution in [0.4, 0.5) is 5.69 Å². The van der Waals surface area contributed by atoms with Crippen LogP contribution in [0.2, 0.25) is 5.02 Å². The topological polar surface area (TPSA) is 55.4 Å². The van der Waals surface area contributed by atoms with Crippen molar-refractivity contribution in [3.8, 4) is 0 Å². The van der Waals surface area contributed by atoms with Gasteiger partial charge in [0, 0.05) is 16.8 Å². The van der Waals surface area contributed by atoms with Crippen LogP contribution in [0.25, 0.3) is 6.08 Å². The Hall–Kier alpha value is -2.59. The molecule has 0 aliphatic carbocycles. The molecular formula is C21H22ClNO3. The Bertz CT molecular complexity index is 780. The summed E-state index contributed by atoms with van der Waals surface area (Å²) in [6, 6.07) is 14.6. The molecule has 2 aromatic rings. The minimum Gasteiger partial charge on any atom is -0.449 e. The largest absolute Gasteiger partial charge is 0.449 e. The molecule has 1 amide bonds. The van der Waals surface area contributed by atoms with Gasteiger partial charge in [-0.25, -0.2) is 4.79 Å². The van der Waals surface area contributed by atoms with E-state index in [0.717, 1.165) is 5.56 Å². The third-order valence-electron chi connectivity index (χ3n) is 3.79. The van der Waals surface area contributed by atoms with E-state index in [2.05, 4.69) is 19.2 Å². The van der Waals surface area contributed by atoms with Crippen molar-refractivity contribution in [2.45, 2.75) is 32.8 Å². The lowest BCUT2D eigenvalue weighted by atomic mass is 10.0. The third kappa shape index (κ3) is 6.05. The van der Waals surface area contributed by atoms with Gasteiger partial charge in [0.05, 0.1) is 0 Å². The molecule has 1 N–H and O–H groups in total. The number of carbonyl (C=O) groups is 2. The molecule has 0 spiro atoms. The van der Waals surface area contributed by atoms with Crippen LogP contribution in [0, 0.1) is 0 Å². The zero-order valence-corrected chi connectivity index (χ0v) is 15.8. The lowest BCUT2D eigenvalue weighted by Crippen LogP contribution is -2.29. The molecule has 4 nitrogen and oxygen atoms in total. The second-order valence-corrected chi connectivity index (χ2v) is 6.67. The quantitative estimate of drug-likeness (QED) is 0.571. The summed E-state index contributed by atoms with van der Waals surface area (Å²) in [5.41, 5.74) is 2.71. The van der Waals surface area contributed by atoms with E-state index in [0.29, 0.717) is 16.6 Å². The van der Waals surface area contributed by atoms with Crippen molar-refractivity contribution in [3.05, 3.63) is 70.8 Å². The van der Waals surface area contributed by atoms with Gasteiger partial charge in [-0.1, -0.05) is 49.7 Å². The van der Waals surface area contributed by atoms with Crippen LogP contribution in [0.15, 0.2) is 54.6 Å². The third-order valence-corrected chi connectivity index (χ3v) is 4.04. The Kier molecular flexibility index (Phi) is 6.98. The summed E-state index contributed by atoms with van der Waals surface area (Å²) < 4.78 is 5.13. The fourth-order valence-corrected chi connectivity index (χ4v) is 2.33. The lowest BCUT2D eigenvalue weighted by Gasteiger charge is -2.12. The molecule has 1 unspecified atom stereocenters. The number of benzene rings is 2. The van der Waals surface area contributed by atoms with E-state index >= 15 is 0 Å². The molecule has 2 aromatic carbocycles. The number of nitrogens with one attached hydrogen (secondary N) is 1. The summed E-state index contributed by atoms with van der Waals surface area (Å²) in [7, 11) is 0. The minimum atomic E-state index is -0.911. The zero-order valence-electron chi connectivity index (χ0n) is 15.0. The highest BCUT2D eigenvalue weighted by Gasteiger charge is 2.16. The molecule has 0 aliphatic heterocycles. The Balaban J connectivity index is 1.87. The molecule has 0 heterocycles. The van der Waals surface area contributed by atoms with Gasteiger partial charge in [0.25, 0.3) is 5.91 Å². The van der Waals surface area contributed by atoms with Crippen molar-refractivity contribution in [1.82, 2.24) is 0 Å². The highest BCUT2D eigenvalue weighted by Crippen LogP contribution is 2.16. The number of esters is 1. The maximum atomic E-state index is 12.1. The van der Waals surface area contributed by atoms with Crippen LogP contribution in [0.5, 0.6) is 0 Å². The minimum absolute atomic E-state index is 0.407. The number of anilines is 1. The molecule has 0 aromatic heterocycles. The molecule has 0 saturated heterocycles. The van der Waals surface area contributed by atoms with Gasteiger partial charge in [-0.15, -0.1) is 0 Å². The van der Waals surface area contributed by atoms with Gasteiger partial charge in [-0.05, 0) is 54.3 Å². The van der Waals surface area contributed by atoms with Crippen LogP contribution in [-0.4, -0.2) is 18.0 Å². The Morgan fingerprint density at radius 3 is 2.19 bits per heavy atom. The first-order valence-electron chi connectivity index (χ1n) is 8.40. The van der Waals surface area contributed by atoms with Gasteiger partial charge in [0.2, 0.25) is 0 Å². The van der Waals surface area contributed by atoms with Gasteiger partial charge in [-0.2, -0.15) is 0 Å². The fraction of sp³-hybridized carbons (Fsp3) is 0.238. The first-order valence-corrected chi connectivity index (χ1v) is 8.78. The molecule has 5 heteroatoms. The zero-order chi connectivity index (χ0) is 19.1. The van der Waals surface area contributed by atoms with Gasteiger partial charge < -0.3 is 10.1 Å². The van der Waals surface area contributed by atoms with Gasteiger partial charge in [0.15, 0.2) is 6.10 Å². The number of rotatable bonds is 6. The van der Waals surface area contributed by atoms with E-state index in [-0.39, 0.29) is 0 Å². The molecule has 26 heavy (non-hydrogen) atoms. The van der Waals surface area contributed by atoms with E-state index in [4.69, 9.17) is 16.3 Å². The average Bonchev–Trinajstić information content (AvgIpc) is 2.62. The van der Waals surface area contributed by atoms with E-state index in [9.17, 15) is 9.59 Å². The van der Waals surface area contributed by atoms with Crippen molar-refractivity contribution in [1.29, 1.82) is 0 Å². The molecular weight excluding hydrogens is 350 g/mol. The van der Waals surface area contributed by atoms with Crippen molar-refractivity contribution >= 4 is 35.2 Å². The monoisotopic (exact) mass is 371 g/mol. The maximum Gasteiger partial charge on any atom is 0.331 e. The molecule has 2 rings (SSSR count). The number of hydrogen-bond donors (Lipinski definition) is 1. The van der Waals surface area contributed by atoms with Crippen LogP contribution in [-0.2, 0) is 14.3 Å². The average molecular weight is 372 g/mol. The van der Waals surface area contributed by atoms with E-state index in [1.54, 1.807) is 30.3 Å². The van der Waals surface area contributed by atoms with E-state index < -0.39 is 18.0 Å². The van der Waals surface area contributed by atoms with Crippen LogP contribution in [0.3, 0.4) is 0 Å². The van der Waals surface area contributed by atoms with Crippen molar-refractivity contribution in [3.63, 3.8) is 0 Å². The van der Waals surface area contributed by atoms with Gasteiger partial charge >= 0.3 is 5.97 Å². The second kappa shape index (κ2) is 9.20. The molecule has 1 atom stereocenters. The first kappa shape index (κ1) is 19.7. The number of ether oxygens (including phenoxy) is 1. The van der Waals surface area contributed by atoms with Crippen LogP contribution in [0.1, 0.15) is 37.8 Å². The van der Waals surface area contributed by atoms with Gasteiger partial charge in [-0.3, -0.25) is 4.79 Å². The highest BCUT2D eigenvalue weighted by molar-refractivity contribution is 6.30. The number of carbonyl (C=O) groups excluding carboxylic acids is 2. The highest BCUT2D eigenvalue weighted by atomic mass is 35.5. The maximum absolute atomic E-state index is 12.1. The molecule has 0 fully saturated rings. The summed E-state index contributed by atoms with van der Waals surface area (Å²) in [6.45, 7) is 5.77. The predicted molar refractivity (Wildman–Crippen MR) is 105 cm³/mol. The standard InChI is InChI=1S/C21H22ClNO3/c1-14(2)17-7-4-16(5-8-17)6-13-20(24)26-15(3)21(25)23-19-11-9-18(22)10-12-19/h4-15H,1-3H3,(H,23,25). The number of halogens is 1. The predicted octanol–water partition coefficient (Wildman–Crippen LogP) is 5.05. The molecule has 0 bridgehead atoms. The SMILES string of the molecule is CC(OC(=O)C=Cc1ccc(C(C)C)cc1)C(=O)Nc1ccc(Cl)cc1. The number of amides is 1. The Morgan fingerprint density at radius 1 is 1.00 bits per heavy atom. The molecule has 136 valence electrons. The molecule has 0 aliphatic rings. The van der Waals surface area contributed by atoms with Crippen molar-refractivity contribution in [2.75, 3.05) is 5.32 Å². The van der Waals surface area contributed by atoms with Gasteiger partial charge in [0.1, 0.15) is 0 Å². The molecule has 0 saturated carbocycles. The molecule has 0 radical (unpaired) electrons. The van der Waals surface area contributed by atoms with Crippen molar-refractivity contribution in [2.24, 2.45) is 0 Å². The summed E-state index contributed by atoms with van der Waals surface area (Å²) in [5.74, 6) is -0.523. The summed E-state index contributed by atoms with van der Waals surface area (Å²) in [6.07, 6.45) is 2.07. The summed E-state index contributed by atoms with van der Waals surface area (Å²) in [5, 5.41) is 3.24. The van der Waals surface area contributed by atoms with Crippen LogP contribution >= 0.6 is 11.6 Å². The fourth-order valence-electron chi connectivity index (χ4n) is 2.20. The van der Waals surface area contributed by atoms with E-state index in [1.807, 2.05) is 24.3 Å². The first-order chi connectivity index (χ1) is 12.3. The lowest BCUT2D eigenvalue weighted by molar-refractivity contribution is -0.148. The smallest absolute Gasteiger partial charge is 0.331 e.